The zero-order valence-corrected chi connectivity index (χ0v) is 31.1. The van der Waals surface area contributed by atoms with Crippen LogP contribution < -0.4 is 4.90 Å². The molecule has 0 atom stereocenters. The largest absolute Gasteiger partial charge is 0.454 e. The van der Waals surface area contributed by atoms with E-state index >= 15 is 0 Å². The Bertz CT molecular complexity index is 3230. The van der Waals surface area contributed by atoms with Crippen molar-refractivity contribution in [1.29, 1.82) is 0 Å². The fourth-order valence-corrected chi connectivity index (χ4v) is 8.64. The van der Waals surface area contributed by atoms with Crippen LogP contribution in [0.15, 0.2) is 223 Å². The molecule has 9 aromatic carbocycles. The lowest BCUT2D eigenvalue weighted by atomic mass is 9.94. The lowest BCUT2D eigenvalue weighted by molar-refractivity contribution is 0.669. The molecule has 0 fully saturated rings. The van der Waals surface area contributed by atoms with Crippen molar-refractivity contribution < 1.29 is 4.42 Å². The van der Waals surface area contributed by atoms with Crippen LogP contribution in [0.5, 0.6) is 0 Å². The maximum atomic E-state index is 6.69. The van der Waals surface area contributed by atoms with E-state index < -0.39 is 0 Å². The Labute approximate surface area is 330 Å². The molecule has 0 aliphatic carbocycles. The van der Waals surface area contributed by atoms with Crippen LogP contribution in [-0.4, -0.2) is 4.57 Å². The predicted octanol–water partition coefficient (Wildman–Crippen LogP) is 15.2. The smallest absolute Gasteiger partial charge is 0.159 e. The van der Waals surface area contributed by atoms with Crippen LogP contribution in [0.25, 0.3) is 82.8 Å². The average molecular weight is 729 g/mol. The van der Waals surface area contributed by atoms with Crippen LogP contribution in [-0.2, 0) is 0 Å². The van der Waals surface area contributed by atoms with Gasteiger partial charge in [-0.25, -0.2) is 0 Å². The summed E-state index contributed by atoms with van der Waals surface area (Å²) in [4.78, 5) is 2.34. The second-order valence-electron chi connectivity index (χ2n) is 14.5. The standard InChI is InChI=1S/C54H36N2O/c1-3-16-37(17-4-1)43-22-7-8-23-44(43)38-32-34-41(35-33-38)55(51-30-15-28-49-47-25-10-12-31-52(47)57-54(49)51)42-21-13-18-39(36-42)45-26-14-27-48-46-24-9-11-29-50(46)56(53(45)48)40-19-5-2-6-20-40/h1-36H. The summed E-state index contributed by atoms with van der Waals surface area (Å²) in [5, 5.41) is 4.67. The molecule has 2 heterocycles. The summed E-state index contributed by atoms with van der Waals surface area (Å²) in [7, 11) is 0. The van der Waals surface area contributed by atoms with Crippen molar-refractivity contribution >= 4 is 60.8 Å². The van der Waals surface area contributed by atoms with Crippen molar-refractivity contribution in [3.8, 4) is 39.1 Å². The minimum absolute atomic E-state index is 0.855. The fourth-order valence-electron chi connectivity index (χ4n) is 8.64. The van der Waals surface area contributed by atoms with E-state index in [2.05, 4.69) is 222 Å². The summed E-state index contributed by atoms with van der Waals surface area (Å²) >= 11 is 0. The van der Waals surface area contributed by atoms with Gasteiger partial charge in [0.25, 0.3) is 0 Å². The lowest BCUT2D eigenvalue weighted by Crippen LogP contribution is -2.10. The second kappa shape index (κ2) is 13.6. The van der Waals surface area contributed by atoms with Crippen LogP contribution in [0.3, 0.4) is 0 Å². The second-order valence-corrected chi connectivity index (χ2v) is 14.5. The van der Waals surface area contributed by atoms with E-state index in [1.807, 2.05) is 6.07 Å². The normalized spacial score (nSPS) is 11.5. The highest BCUT2D eigenvalue weighted by Crippen LogP contribution is 2.45. The molecular weight excluding hydrogens is 693 g/mol. The number of fused-ring (bicyclic) bond motifs is 6. The van der Waals surface area contributed by atoms with Gasteiger partial charge in [-0.15, -0.1) is 0 Å². The predicted molar refractivity (Wildman–Crippen MR) is 239 cm³/mol. The lowest BCUT2D eigenvalue weighted by Gasteiger charge is -2.26. The number of benzene rings is 9. The van der Waals surface area contributed by atoms with Crippen molar-refractivity contribution in [3.05, 3.63) is 218 Å². The molecule has 0 radical (unpaired) electrons. The van der Waals surface area contributed by atoms with Gasteiger partial charge in [-0.2, -0.15) is 0 Å². The maximum Gasteiger partial charge on any atom is 0.159 e. The minimum atomic E-state index is 0.855. The molecule has 0 unspecified atom stereocenters. The molecular formula is C54H36N2O. The first-order valence-electron chi connectivity index (χ1n) is 19.4. The van der Waals surface area contributed by atoms with E-state index in [-0.39, 0.29) is 0 Å². The molecule has 0 aliphatic rings. The van der Waals surface area contributed by atoms with Gasteiger partial charge in [0, 0.05) is 44.2 Å². The van der Waals surface area contributed by atoms with Gasteiger partial charge in [-0.05, 0) is 82.4 Å². The summed E-state index contributed by atoms with van der Waals surface area (Å²) in [5.41, 5.74) is 15.4. The SMILES string of the molecule is c1ccc(-c2ccccc2-c2ccc(N(c3cccc(-c4cccc5c6ccccc6n(-c6ccccc6)c45)c3)c3cccc4c3oc3ccccc34)cc2)cc1. The first kappa shape index (κ1) is 32.8. The molecule has 2 aromatic heterocycles. The molecule has 3 nitrogen and oxygen atoms in total. The van der Waals surface area contributed by atoms with Crippen LogP contribution in [0.1, 0.15) is 0 Å². The Morgan fingerprint density at radius 3 is 1.75 bits per heavy atom. The minimum Gasteiger partial charge on any atom is -0.454 e. The Kier molecular flexibility index (Phi) is 7.82. The number of para-hydroxylation sites is 5. The molecule has 0 saturated heterocycles. The van der Waals surface area contributed by atoms with Crippen molar-refractivity contribution in [3.63, 3.8) is 0 Å². The molecule has 0 N–H and O–H groups in total. The van der Waals surface area contributed by atoms with Gasteiger partial charge in [0.05, 0.1) is 16.7 Å². The average Bonchev–Trinajstić information content (AvgIpc) is 3.84. The van der Waals surface area contributed by atoms with E-state index in [0.29, 0.717) is 0 Å². The molecule has 0 saturated carbocycles. The van der Waals surface area contributed by atoms with Crippen molar-refractivity contribution in [2.45, 2.75) is 0 Å². The van der Waals surface area contributed by atoms with Crippen molar-refractivity contribution in [1.82, 2.24) is 4.57 Å². The number of hydrogen-bond acceptors (Lipinski definition) is 2. The third kappa shape index (κ3) is 5.51. The highest BCUT2D eigenvalue weighted by molar-refractivity contribution is 6.14. The topological polar surface area (TPSA) is 21.3 Å². The molecule has 11 rings (SSSR count). The van der Waals surface area contributed by atoms with Crippen LogP contribution in [0.2, 0.25) is 0 Å². The Balaban J connectivity index is 1.11. The molecule has 0 amide bonds. The van der Waals surface area contributed by atoms with Gasteiger partial charge in [0.2, 0.25) is 0 Å². The number of furan rings is 1. The van der Waals surface area contributed by atoms with E-state index in [9.17, 15) is 0 Å². The van der Waals surface area contributed by atoms with Gasteiger partial charge >= 0.3 is 0 Å². The number of nitrogens with zero attached hydrogens (tertiary/aromatic N) is 2. The molecule has 0 bridgehead atoms. The molecule has 0 aliphatic heterocycles. The molecule has 268 valence electrons. The van der Waals surface area contributed by atoms with Gasteiger partial charge in [0.1, 0.15) is 5.58 Å². The highest BCUT2D eigenvalue weighted by Gasteiger charge is 2.22. The number of anilines is 3. The Morgan fingerprint density at radius 1 is 0.368 bits per heavy atom. The van der Waals surface area contributed by atoms with E-state index in [4.69, 9.17) is 4.42 Å². The zero-order chi connectivity index (χ0) is 37.7. The van der Waals surface area contributed by atoms with Gasteiger partial charge in [-0.1, -0.05) is 164 Å². The monoisotopic (exact) mass is 728 g/mol. The Morgan fingerprint density at radius 2 is 0.947 bits per heavy atom. The van der Waals surface area contributed by atoms with E-state index in [1.54, 1.807) is 0 Å². The number of hydrogen-bond donors (Lipinski definition) is 0. The van der Waals surface area contributed by atoms with Gasteiger partial charge in [0.15, 0.2) is 5.58 Å². The Hall–Kier alpha value is -7.62. The maximum absolute atomic E-state index is 6.69. The van der Waals surface area contributed by atoms with E-state index in [1.165, 1.54) is 44.1 Å². The van der Waals surface area contributed by atoms with Crippen LogP contribution in [0, 0.1) is 0 Å². The third-order valence-corrected chi connectivity index (χ3v) is 11.2. The number of aromatic nitrogens is 1. The summed E-state index contributed by atoms with van der Waals surface area (Å²) in [6.45, 7) is 0. The van der Waals surface area contributed by atoms with Gasteiger partial charge in [-0.3, -0.25) is 0 Å². The van der Waals surface area contributed by atoms with Crippen molar-refractivity contribution in [2.75, 3.05) is 4.90 Å². The van der Waals surface area contributed by atoms with Gasteiger partial charge < -0.3 is 13.9 Å². The van der Waals surface area contributed by atoms with Crippen LogP contribution >= 0.6 is 0 Å². The highest BCUT2D eigenvalue weighted by atomic mass is 16.3. The van der Waals surface area contributed by atoms with E-state index in [0.717, 1.165) is 55.8 Å². The molecule has 3 heteroatoms. The molecule has 0 spiro atoms. The molecule has 11 aromatic rings. The zero-order valence-electron chi connectivity index (χ0n) is 31.1. The first-order valence-corrected chi connectivity index (χ1v) is 19.4. The summed E-state index contributed by atoms with van der Waals surface area (Å²) < 4.78 is 9.10. The summed E-state index contributed by atoms with van der Waals surface area (Å²) in [6, 6.07) is 78.0. The third-order valence-electron chi connectivity index (χ3n) is 11.2. The fraction of sp³-hybridized carbons (Fsp3) is 0. The molecule has 57 heavy (non-hydrogen) atoms. The first-order chi connectivity index (χ1) is 28.3. The van der Waals surface area contributed by atoms with Crippen molar-refractivity contribution in [2.24, 2.45) is 0 Å². The quantitative estimate of drug-likeness (QED) is 0.163. The summed E-state index contributed by atoms with van der Waals surface area (Å²) in [5.74, 6) is 0. The van der Waals surface area contributed by atoms with Crippen LogP contribution in [0.4, 0.5) is 17.1 Å². The summed E-state index contributed by atoms with van der Waals surface area (Å²) in [6.07, 6.45) is 0. The number of rotatable bonds is 7.